The number of ether oxygens (including phenoxy) is 1. The van der Waals surface area contributed by atoms with Crippen molar-refractivity contribution in [1.82, 2.24) is 0 Å². The summed E-state index contributed by atoms with van der Waals surface area (Å²) in [7, 11) is 0. The molecule has 55 heavy (non-hydrogen) atoms. The summed E-state index contributed by atoms with van der Waals surface area (Å²) in [4.78, 5) is 4.72. The van der Waals surface area contributed by atoms with Gasteiger partial charge in [0.2, 0.25) is 0 Å². The van der Waals surface area contributed by atoms with Crippen LogP contribution in [0.25, 0.3) is 42.4 Å². The van der Waals surface area contributed by atoms with Crippen molar-refractivity contribution in [3.05, 3.63) is 193 Å². The number of thiophene rings is 1. The topological polar surface area (TPSA) is 15.7 Å². The number of rotatable bonds is 5. The third-order valence-electron chi connectivity index (χ3n) is 11.4. The van der Waals surface area contributed by atoms with Crippen LogP contribution >= 0.6 is 11.3 Å². The molecule has 0 radical (unpaired) electrons. The molecule has 1 aliphatic heterocycles. The van der Waals surface area contributed by atoms with Crippen LogP contribution in [0.5, 0.6) is 11.5 Å². The average molecular weight is 725 g/mol. The Morgan fingerprint density at radius 3 is 2.09 bits per heavy atom. The third-order valence-corrected chi connectivity index (χ3v) is 12.6. The van der Waals surface area contributed by atoms with Gasteiger partial charge in [-0.1, -0.05) is 123 Å². The summed E-state index contributed by atoms with van der Waals surface area (Å²) in [5.41, 5.74) is 13.9. The number of hydrogen-bond acceptors (Lipinski definition) is 4. The molecule has 4 heteroatoms. The normalized spacial score (nSPS) is 13.5. The second-order valence-corrected chi connectivity index (χ2v) is 16.1. The molecule has 3 nitrogen and oxygen atoms in total. The summed E-state index contributed by atoms with van der Waals surface area (Å²) < 4.78 is 9.38. The van der Waals surface area contributed by atoms with E-state index in [-0.39, 0.29) is 5.41 Å². The number of nitrogens with zero attached hydrogens (tertiary/aromatic N) is 2. The number of benzene rings is 8. The summed E-state index contributed by atoms with van der Waals surface area (Å²) in [5.74, 6) is 1.64. The standard InChI is InChI=1S/C51H36N2OS/c1-51(2)43-19-8-6-17-39(43)42-30-36(24-27-44(42)51)52(35-16-12-15-34(29-35)33-13-4-3-5-14-33)37-25-28-46-48(31-37)54-47-21-10-9-20-45(47)53(46)38-23-26-41-40-18-7-11-22-49(40)55-50(41)32-38/h3-32H,1-2H3. The minimum atomic E-state index is -0.0716. The van der Waals surface area contributed by atoms with Crippen LogP contribution in [0.2, 0.25) is 0 Å². The van der Waals surface area contributed by atoms with Gasteiger partial charge in [0.05, 0.1) is 11.4 Å². The van der Waals surface area contributed by atoms with E-state index in [2.05, 4.69) is 200 Å². The van der Waals surface area contributed by atoms with Crippen LogP contribution < -0.4 is 14.5 Å². The Kier molecular flexibility index (Phi) is 7.07. The van der Waals surface area contributed by atoms with Gasteiger partial charge in [0, 0.05) is 54.4 Å². The van der Waals surface area contributed by atoms with Crippen LogP contribution in [0, 0.1) is 0 Å². The molecule has 9 aromatic rings. The van der Waals surface area contributed by atoms with Crippen molar-refractivity contribution in [2.75, 3.05) is 9.80 Å². The van der Waals surface area contributed by atoms with Gasteiger partial charge in [0.15, 0.2) is 11.5 Å². The van der Waals surface area contributed by atoms with Gasteiger partial charge in [-0.25, -0.2) is 0 Å². The number of anilines is 6. The molecule has 11 rings (SSSR count). The molecule has 0 atom stereocenters. The molecule has 0 amide bonds. The molecule has 262 valence electrons. The van der Waals surface area contributed by atoms with Crippen LogP contribution in [0.1, 0.15) is 25.0 Å². The molecular formula is C51H36N2OS. The zero-order valence-electron chi connectivity index (χ0n) is 30.5. The Morgan fingerprint density at radius 2 is 1.16 bits per heavy atom. The van der Waals surface area contributed by atoms with E-state index < -0.39 is 0 Å². The third kappa shape index (κ3) is 5.02. The monoisotopic (exact) mass is 724 g/mol. The Balaban J connectivity index is 1.08. The van der Waals surface area contributed by atoms with Crippen molar-refractivity contribution in [3.8, 4) is 33.8 Å². The van der Waals surface area contributed by atoms with Gasteiger partial charge in [0.25, 0.3) is 0 Å². The minimum absolute atomic E-state index is 0.0716. The van der Waals surface area contributed by atoms with Crippen LogP contribution in [-0.2, 0) is 5.41 Å². The van der Waals surface area contributed by atoms with Gasteiger partial charge >= 0.3 is 0 Å². The highest BCUT2D eigenvalue weighted by Crippen LogP contribution is 2.54. The lowest BCUT2D eigenvalue weighted by Crippen LogP contribution is -2.17. The summed E-state index contributed by atoms with van der Waals surface area (Å²) in [6, 6.07) is 65.8. The lowest BCUT2D eigenvalue weighted by atomic mass is 9.82. The highest BCUT2D eigenvalue weighted by molar-refractivity contribution is 7.25. The highest BCUT2D eigenvalue weighted by Gasteiger charge is 2.36. The molecule has 0 fully saturated rings. The lowest BCUT2D eigenvalue weighted by molar-refractivity contribution is 0.477. The first-order valence-electron chi connectivity index (χ1n) is 18.8. The van der Waals surface area contributed by atoms with Gasteiger partial charge in [-0.15, -0.1) is 11.3 Å². The lowest BCUT2D eigenvalue weighted by Gasteiger charge is -2.34. The van der Waals surface area contributed by atoms with Gasteiger partial charge in [-0.2, -0.15) is 0 Å². The fourth-order valence-corrected chi connectivity index (χ4v) is 9.91. The van der Waals surface area contributed by atoms with E-state index in [1.165, 1.54) is 53.6 Å². The highest BCUT2D eigenvalue weighted by atomic mass is 32.1. The molecular weight excluding hydrogens is 689 g/mol. The molecule has 1 aliphatic carbocycles. The van der Waals surface area contributed by atoms with E-state index in [1.54, 1.807) is 0 Å². The van der Waals surface area contributed by atoms with E-state index >= 15 is 0 Å². The minimum Gasteiger partial charge on any atom is -0.453 e. The van der Waals surface area contributed by atoms with E-state index in [0.29, 0.717) is 0 Å². The largest absolute Gasteiger partial charge is 0.453 e. The average Bonchev–Trinajstić information content (AvgIpc) is 3.71. The number of hydrogen-bond donors (Lipinski definition) is 0. The van der Waals surface area contributed by atoms with Crippen molar-refractivity contribution in [1.29, 1.82) is 0 Å². The Morgan fingerprint density at radius 1 is 0.473 bits per heavy atom. The first-order chi connectivity index (χ1) is 27.0. The van der Waals surface area contributed by atoms with E-state index in [4.69, 9.17) is 4.74 Å². The summed E-state index contributed by atoms with van der Waals surface area (Å²) in [6.07, 6.45) is 0. The molecule has 0 saturated heterocycles. The first kappa shape index (κ1) is 31.9. The zero-order chi connectivity index (χ0) is 36.7. The summed E-state index contributed by atoms with van der Waals surface area (Å²) >= 11 is 1.84. The van der Waals surface area contributed by atoms with Crippen LogP contribution in [0.15, 0.2) is 182 Å². The fourth-order valence-electron chi connectivity index (χ4n) is 8.77. The maximum Gasteiger partial charge on any atom is 0.153 e. The van der Waals surface area contributed by atoms with Crippen molar-refractivity contribution >= 4 is 65.6 Å². The number of fused-ring (bicyclic) bond motifs is 8. The fraction of sp³-hybridized carbons (Fsp3) is 0.0588. The SMILES string of the molecule is CC1(C)c2ccccc2-c2cc(N(c3cccc(-c4ccccc4)c3)c3ccc4c(c3)Oc3ccccc3N4c3ccc4c(c3)sc3ccccc34)ccc21. The quantitative estimate of drug-likeness (QED) is 0.176. The molecule has 2 aliphatic rings. The smallest absolute Gasteiger partial charge is 0.153 e. The molecule has 8 aromatic carbocycles. The molecule has 0 N–H and O–H groups in total. The summed E-state index contributed by atoms with van der Waals surface area (Å²) in [5, 5.41) is 2.59. The van der Waals surface area contributed by atoms with Crippen molar-refractivity contribution in [2.45, 2.75) is 19.3 Å². The van der Waals surface area contributed by atoms with E-state index in [0.717, 1.165) is 45.6 Å². The molecule has 0 saturated carbocycles. The second-order valence-electron chi connectivity index (χ2n) is 15.0. The van der Waals surface area contributed by atoms with Gasteiger partial charge < -0.3 is 14.5 Å². The van der Waals surface area contributed by atoms with E-state index in [1.807, 2.05) is 17.4 Å². The first-order valence-corrected chi connectivity index (χ1v) is 19.7. The van der Waals surface area contributed by atoms with Crippen molar-refractivity contribution in [3.63, 3.8) is 0 Å². The van der Waals surface area contributed by atoms with Gasteiger partial charge in [-0.05, 0) is 100 Å². The Bertz CT molecular complexity index is 2960. The molecule has 0 bridgehead atoms. The molecule has 0 spiro atoms. The molecule has 1 aromatic heterocycles. The number of para-hydroxylation sites is 2. The maximum absolute atomic E-state index is 6.80. The van der Waals surface area contributed by atoms with E-state index in [9.17, 15) is 0 Å². The predicted molar refractivity (Wildman–Crippen MR) is 232 cm³/mol. The molecule has 0 unspecified atom stereocenters. The zero-order valence-corrected chi connectivity index (χ0v) is 31.3. The second kappa shape index (κ2) is 12.2. The van der Waals surface area contributed by atoms with Crippen molar-refractivity contribution in [2.24, 2.45) is 0 Å². The van der Waals surface area contributed by atoms with Crippen LogP contribution in [0.4, 0.5) is 34.1 Å². The van der Waals surface area contributed by atoms with Gasteiger partial charge in [0.1, 0.15) is 0 Å². The van der Waals surface area contributed by atoms with Gasteiger partial charge in [-0.3, -0.25) is 0 Å². The Hall–Kier alpha value is -6.62. The Labute approximate surface area is 324 Å². The summed E-state index contributed by atoms with van der Waals surface area (Å²) in [6.45, 7) is 4.67. The van der Waals surface area contributed by atoms with Crippen LogP contribution in [-0.4, -0.2) is 0 Å². The van der Waals surface area contributed by atoms with Crippen molar-refractivity contribution < 1.29 is 4.74 Å². The molecule has 2 heterocycles. The van der Waals surface area contributed by atoms with Crippen LogP contribution in [0.3, 0.4) is 0 Å². The maximum atomic E-state index is 6.80. The predicted octanol–water partition coefficient (Wildman–Crippen LogP) is 15.1.